The number of amides is 1. The van der Waals surface area contributed by atoms with Crippen molar-refractivity contribution in [2.75, 3.05) is 6.61 Å². The Morgan fingerprint density at radius 1 is 1.13 bits per heavy atom. The standard InChI is InChI=1S/C24H22BrFN2O3/c1-3-30-22-13-18(14-27-28-24(29)20-7-5-4-6-16(20)2)12-21(25)23(22)31-15-17-8-10-19(26)11-9-17/h4-14H,3,15H2,1-2H3,(H,28,29)/b27-14+. The van der Waals surface area contributed by atoms with E-state index in [4.69, 9.17) is 9.47 Å². The van der Waals surface area contributed by atoms with Crippen LogP contribution in [0.5, 0.6) is 11.5 Å². The third-order valence-electron chi connectivity index (χ3n) is 4.40. The van der Waals surface area contributed by atoms with Crippen LogP contribution in [0.2, 0.25) is 0 Å². The maximum Gasteiger partial charge on any atom is 0.271 e. The highest BCUT2D eigenvalue weighted by Crippen LogP contribution is 2.37. The molecule has 0 saturated heterocycles. The van der Waals surface area contributed by atoms with Gasteiger partial charge in [-0.05, 0) is 76.8 Å². The highest BCUT2D eigenvalue weighted by atomic mass is 79.9. The zero-order chi connectivity index (χ0) is 22.2. The number of halogens is 2. The van der Waals surface area contributed by atoms with Crippen molar-refractivity contribution in [3.63, 3.8) is 0 Å². The van der Waals surface area contributed by atoms with Gasteiger partial charge in [0.15, 0.2) is 11.5 Å². The van der Waals surface area contributed by atoms with E-state index >= 15 is 0 Å². The fourth-order valence-corrected chi connectivity index (χ4v) is 3.43. The Morgan fingerprint density at radius 3 is 2.58 bits per heavy atom. The molecule has 1 amide bonds. The van der Waals surface area contributed by atoms with Crippen molar-refractivity contribution in [3.8, 4) is 11.5 Å². The number of aryl methyl sites for hydroxylation is 1. The van der Waals surface area contributed by atoms with E-state index < -0.39 is 0 Å². The number of carbonyl (C=O) groups is 1. The molecule has 3 aromatic rings. The molecule has 0 bridgehead atoms. The monoisotopic (exact) mass is 484 g/mol. The molecule has 0 aliphatic rings. The summed E-state index contributed by atoms with van der Waals surface area (Å²) in [5.74, 6) is 0.494. The smallest absolute Gasteiger partial charge is 0.271 e. The second-order valence-electron chi connectivity index (χ2n) is 6.69. The molecule has 160 valence electrons. The Kier molecular flexibility index (Phi) is 7.78. The van der Waals surface area contributed by atoms with Crippen LogP contribution in [-0.2, 0) is 6.61 Å². The molecule has 0 unspecified atom stereocenters. The average Bonchev–Trinajstić information content (AvgIpc) is 2.75. The van der Waals surface area contributed by atoms with Crippen LogP contribution < -0.4 is 14.9 Å². The number of hydrogen-bond donors (Lipinski definition) is 1. The SMILES string of the molecule is CCOc1cc(/C=N/NC(=O)c2ccccc2C)cc(Br)c1OCc1ccc(F)cc1. The van der Waals surface area contributed by atoms with Crippen LogP contribution in [0.4, 0.5) is 4.39 Å². The predicted molar refractivity (Wildman–Crippen MR) is 122 cm³/mol. The Balaban J connectivity index is 1.73. The van der Waals surface area contributed by atoms with E-state index in [0.717, 1.165) is 16.7 Å². The summed E-state index contributed by atoms with van der Waals surface area (Å²) in [7, 11) is 0. The van der Waals surface area contributed by atoms with Crippen LogP contribution in [-0.4, -0.2) is 18.7 Å². The topological polar surface area (TPSA) is 59.9 Å². The summed E-state index contributed by atoms with van der Waals surface area (Å²) in [6, 6.07) is 17.0. The van der Waals surface area contributed by atoms with Crippen LogP contribution >= 0.6 is 15.9 Å². The largest absolute Gasteiger partial charge is 0.490 e. The molecule has 0 spiro atoms. The number of nitrogens with one attached hydrogen (secondary N) is 1. The first-order chi connectivity index (χ1) is 15.0. The van der Waals surface area contributed by atoms with Gasteiger partial charge >= 0.3 is 0 Å². The van der Waals surface area contributed by atoms with Crippen LogP contribution in [0.1, 0.15) is 34.0 Å². The first kappa shape index (κ1) is 22.5. The molecule has 0 atom stereocenters. The maximum atomic E-state index is 13.1. The molecular formula is C24H22BrFN2O3. The first-order valence-corrected chi connectivity index (χ1v) is 10.5. The number of nitrogens with zero attached hydrogens (tertiary/aromatic N) is 1. The molecule has 5 nitrogen and oxygen atoms in total. The molecular weight excluding hydrogens is 463 g/mol. The van der Waals surface area contributed by atoms with Gasteiger partial charge < -0.3 is 9.47 Å². The Hall–Kier alpha value is -3.19. The zero-order valence-electron chi connectivity index (χ0n) is 17.2. The van der Waals surface area contributed by atoms with Crippen molar-refractivity contribution in [1.29, 1.82) is 0 Å². The molecule has 3 aromatic carbocycles. The third-order valence-corrected chi connectivity index (χ3v) is 4.99. The van der Waals surface area contributed by atoms with E-state index in [1.165, 1.54) is 18.3 Å². The number of ether oxygens (including phenoxy) is 2. The molecule has 1 N–H and O–H groups in total. The quantitative estimate of drug-likeness (QED) is 0.332. The van der Waals surface area contributed by atoms with Gasteiger partial charge in [-0.1, -0.05) is 30.3 Å². The third kappa shape index (κ3) is 6.15. The van der Waals surface area contributed by atoms with Gasteiger partial charge in [-0.15, -0.1) is 0 Å². The summed E-state index contributed by atoms with van der Waals surface area (Å²) in [6.07, 6.45) is 1.53. The molecule has 0 saturated carbocycles. The van der Waals surface area contributed by atoms with Crippen molar-refractivity contribution < 1.29 is 18.7 Å². The fraction of sp³-hybridized carbons (Fsp3) is 0.167. The molecule has 0 fully saturated rings. The maximum absolute atomic E-state index is 13.1. The van der Waals surface area contributed by atoms with Crippen LogP contribution in [0, 0.1) is 12.7 Å². The van der Waals surface area contributed by atoms with E-state index in [-0.39, 0.29) is 18.3 Å². The van der Waals surface area contributed by atoms with E-state index in [1.807, 2.05) is 38.1 Å². The minimum absolute atomic E-state index is 0.263. The molecule has 0 heterocycles. The first-order valence-electron chi connectivity index (χ1n) is 9.70. The second kappa shape index (κ2) is 10.7. The summed E-state index contributed by atoms with van der Waals surface area (Å²) in [4.78, 5) is 12.3. The minimum Gasteiger partial charge on any atom is -0.490 e. The Labute approximate surface area is 189 Å². The highest BCUT2D eigenvalue weighted by Gasteiger charge is 2.13. The molecule has 7 heteroatoms. The molecule has 0 radical (unpaired) electrons. The molecule has 0 aromatic heterocycles. The van der Waals surface area contributed by atoms with E-state index in [1.54, 1.807) is 24.3 Å². The highest BCUT2D eigenvalue weighted by molar-refractivity contribution is 9.10. The van der Waals surface area contributed by atoms with Crippen molar-refractivity contribution >= 4 is 28.1 Å². The lowest BCUT2D eigenvalue weighted by Crippen LogP contribution is -2.18. The van der Waals surface area contributed by atoms with Crippen LogP contribution in [0.25, 0.3) is 0 Å². The van der Waals surface area contributed by atoms with Crippen LogP contribution in [0.15, 0.2) is 70.2 Å². The number of rotatable bonds is 8. The summed E-state index contributed by atoms with van der Waals surface area (Å²) >= 11 is 3.51. The number of benzene rings is 3. The second-order valence-corrected chi connectivity index (χ2v) is 7.55. The number of carbonyl (C=O) groups excluding carboxylic acids is 1. The predicted octanol–water partition coefficient (Wildman–Crippen LogP) is 5.64. The van der Waals surface area contributed by atoms with Crippen LogP contribution in [0.3, 0.4) is 0 Å². The van der Waals surface area contributed by atoms with Gasteiger partial charge in [0.1, 0.15) is 12.4 Å². The fourth-order valence-electron chi connectivity index (χ4n) is 2.85. The van der Waals surface area contributed by atoms with Gasteiger partial charge in [0.2, 0.25) is 0 Å². The summed E-state index contributed by atoms with van der Waals surface area (Å²) in [5.41, 5.74) is 5.53. The Bertz CT molecular complexity index is 1080. The van der Waals surface area contributed by atoms with Crippen molar-refractivity contribution in [1.82, 2.24) is 5.43 Å². The van der Waals surface area contributed by atoms with Gasteiger partial charge in [0, 0.05) is 5.56 Å². The van der Waals surface area contributed by atoms with E-state index in [9.17, 15) is 9.18 Å². The van der Waals surface area contributed by atoms with Gasteiger partial charge in [-0.3, -0.25) is 4.79 Å². The van der Waals surface area contributed by atoms with Gasteiger partial charge in [-0.2, -0.15) is 5.10 Å². The summed E-state index contributed by atoms with van der Waals surface area (Å²) in [6.45, 7) is 4.46. The average molecular weight is 485 g/mol. The normalized spacial score (nSPS) is 10.8. The molecule has 0 aliphatic heterocycles. The van der Waals surface area contributed by atoms with Crippen molar-refractivity contribution in [2.45, 2.75) is 20.5 Å². The van der Waals surface area contributed by atoms with E-state index in [0.29, 0.717) is 28.1 Å². The van der Waals surface area contributed by atoms with E-state index in [2.05, 4.69) is 26.5 Å². The lowest BCUT2D eigenvalue weighted by Gasteiger charge is -2.14. The van der Waals surface area contributed by atoms with Crippen molar-refractivity contribution in [2.24, 2.45) is 5.10 Å². The number of hydrogen-bond acceptors (Lipinski definition) is 4. The summed E-state index contributed by atoms with van der Waals surface area (Å²) < 4.78 is 25.4. The minimum atomic E-state index is -0.293. The molecule has 3 rings (SSSR count). The van der Waals surface area contributed by atoms with Gasteiger partial charge in [-0.25, -0.2) is 9.82 Å². The lowest BCUT2D eigenvalue weighted by molar-refractivity contribution is 0.0954. The van der Waals surface area contributed by atoms with Gasteiger partial charge in [0.25, 0.3) is 5.91 Å². The molecule has 0 aliphatic carbocycles. The number of hydrazone groups is 1. The Morgan fingerprint density at radius 2 is 1.87 bits per heavy atom. The van der Waals surface area contributed by atoms with Crippen molar-refractivity contribution in [3.05, 3.63) is 93.2 Å². The zero-order valence-corrected chi connectivity index (χ0v) is 18.8. The summed E-state index contributed by atoms with van der Waals surface area (Å²) in [5, 5.41) is 4.06. The van der Waals surface area contributed by atoms with Gasteiger partial charge in [0.05, 0.1) is 17.3 Å². The molecule has 31 heavy (non-hydrogen) atoms. The lowest BCUT2D eigenvalue weighted by atomic mass is 10.1.